The van der Waals surface area contributed by atoms with Crippen LogP contribution in [0.25, 0.3) is 0 Å². The summed E-state index contributed by atoms with van der Waals surface area (Å²) in [6.07, 6.45) is 0.564. The van der Waals surface area contributed by atoms with Gasteiger partial charge in [0.15, 0.2) is 0 Å². The van der Waals surface area contributed by atoms with E-state index in [4.69, 9.17) is 23.2 Å². The third-order valence-corrected chi connectivity index (χ3v) is 7.31. The smallest absolute Gasteiger partial charge is 0.227 e. The van der Waals surface area contributed by atoms with Gasteiger partial charge in [-0.05, 0) is 37.1 Å². The number of halogens is 4. The highest BCUT2D eigenvalue weighted by Crippen LogP contribution is 2.29. The first-order chi connectivity index (χ1) is 13.7. The van der Waals surface area contributed by atoms with Crippen molar-refractivity contribution in [2.75, 3.05) is 18.4 Å². The molecular formula is C19H18Cl2F2N2O3S. The minimum absolute atomic E-state index is 0.111. The molecule has 1 aliphatic rings. The second-order valence-corrected chi connectivity index (χ2v) is 9.53. The van der Waals surface area contributed by atoms with Crippen LogP contribution in [0, 0.1) is 17.6 Å². The van der Waals surface area contributed by atoms with E-state index in [2.05, 4.69) is 5.32 Å². The van der Waals surface area contributed by atoms with E-state index >= 15 is 0 Å². The molecule has 1 amide bonds. The SMILES string of the molecule is O=C(Nc1ccc(F)cc1F)C1CCN(S(=O)(=O)Cc2c(Cl)cccc2Cl)CC1. The van der Waals surface area contributed by atoms with Gasteiger partial charge in [0.2, 0.25) is 15.9 Å². The van der Waals surface area contributed by atoms with E-state index in [-0.39, 0.29) is 47.4 Å². The lowest BCUT2D eigenvalue weighted by molar-refractivity contribution is -0.120. The number of carbonyl (C=O) groups is 1. The van der Waals surface area contributed by atoms with Gasteiger partial charge in [-0.2, -0.15) is 0 Å². The molecule has 2 aromatic rings. The summed E-state index contributed by atoms with van der Waals surface area (Å²) in [7, 11) is -3.67. The molecule has 156 valence electrons. The van der Waals surface area contributed by atoms with Crippen molar-refractivity contribution in [3.05, 3.63) is 63.6 Å². The largest absolute Gasteiger partial charge is 0.323 e. The second-order valence-electron chi connectivity index (χ2n) is 6.74. The van der Waals surface area contributed by atoms with Crippen molar-refractivity contribution < 1.29 is 22.0 Å². The highest BCUT2D eigenvalue weighted by Gasteiger charge is 2.32. The summed E-state index contributed by atoms with van der Waals surface area (Å²) in [5.74, 6) is -2.84. The lowest BCUT2D eigenvalue weighted by Crippen LogP contribution is -2.42. The first-order valence-corrected chi connectivity index (χ1v) is 11.2. The van der Waals surface area contributed by atoms with Crippen LogP contribution in [0.4, 0.5) is 14.5 Å². The van der Waals surface area contributed by atoms with E-state index in [0.29, 0.717) is 11.6 Å². The van der Waals surface area contributed by atoms with Crippen LogP contribution in [0.15, 0.2) is 36.4 Å². The number of anilines is 1. The van der Waals surface area contributed by atoms with Gasteiger partial charge in [0.25, 0.3) is 0 Å². The number of nitrogens with zero attached hydrogens (tertiary/aromatic N) is 1. The quantitative estimate of drug-likeness (QED) is 0.713. The monoisotopic (exact) mass is 462 g/mol. The maximum absolute atomic E-state index is 13.7. The van der Waals surface area contributed by atoms with Crippen LogP contribution in [-0.2, 0) is 20.6 Å². The zero-order valence-electron chi connectivity index (χ0n) is 15.2. The molecule has 1 saturated heterocycles. The molecule has 29 heavy (non-hydrogen) atoms. The van der Waals surface area contributed by atoms with Crippen molar-refractivity contribution in [1.82, 2.24) is 4.31 Å². The molecular weight excluding hydrogens is 445 g/mol. The number of benzene rings is 2. The maximum Gasteiger partial charge on any atom is 0.227 e. The number of carbonyl (C=O) groups excluding carboxylic acids is 1. The van der Waals surface area contributed by atoms with E-state index in [1.807, 2.05) is 0 Å². The van der Waals surface area contributed by atoms with Crippen LogP contribution in [-0.4, -0.2) is 31.7 Å². The molecule has 2 aromatic carbocycles. The van der Waals surface area contributed by atoms with E-state index in [1.165, 1.54) is 4.31 Å². The summed E-state index contributed by atoms with van der Waals surface area (Å²) in [6, 6.07) is 7.66. The van der Waals surface area contributed by atoms with E-state index in [0.717, 1.165) is 12.1 Å². The summed E-state index contributed by atoms with van der Waals surface area (Å²) in [5.41, 5.74) is 0.224. The molecule has 0 radical (unpaired) electrons. The summed E-state index contributed by atoms with van der Waals surface area (Å²) in [4.78, 5) is 12.4. The van der Waals surface area contributed by atoms with Crippen molar-refractivity contribution in [3.8, 4) is 0 Å². The number of sulfonamides is 1. The Morgan fingerprint density at radius 2 is 1.72 bits per heavy atom. The molecule has 5 nitrogen and oxygen atoms in total. The molecule has 1 aliphatic heterocycles. The Labute approximate surface area is 177 Å². The summed E-state index contributed by atoms with van der Waals surface area (Å²) in [5, 5.41) is 2.98. The number of rotatable bonds is 5. The highest BCUT2D eigenvalue weighted by atomic mass is 35.5. The summed E-state index contributed by atoms with van der Waals surface area (Å²) in [6.45, 7) is 0.294. The molecule has 0 aliphatic carbocycles. The van der Waals surface area contributed by atoms with Crippen molar-refractivity contribution in [2.24, 2.45) is 5.92 Å². The Morgan fingerprint density at radius 1 is 1.10 bits per heavy atom. The van der Waals surface area contributed by atoms with Crippen molar-refractivity contribution >= 4 is 44.8 Å². The van der Waals surface area contributed by atoms with E-state index in [1.54, 1.807) is 18.2 Å². The molecule has 1 heterocycles. The molecule has 1 fully saturated rings. The molecule has 0 saturated carbocycles. The van der Waals surface area contributed by atoms with Gasteiger partial charge < -0.3 is 5.32 Å². The second kappa shape index (κ2) is 8.95. The van der Waals surface area contributed by atoms with Crippen LogP contribution < -0.4 is 5.32 Å². The maximum atomic E-state index is 13.7. The van der Waals surface area contributed by atoms with Gasteiger partial charge in [-0.25, -0.2) is 21.5 Å². The minimum Gasteiger partial charge on any atom is -0.323 e. The zero-order chi connectivity index (χ0) is 21.2. The molecule has 10 heteroatoms. The van der Waals surface area contributed by atoms with E-state index < -0.39 is 33.5 Å². The molecule has 1 N–H and O–H groups in total. The first kappa shape index (κ1) is 22.0. The van der Waals surface area contributed by atoms with Crippen LogP contribution in [0.5, 0.6) is 0 Å². The number of amides is 1. The number of piperidine rings is 1. The Morgan fingerprint density at radius 3 is 2.31 bits per heavy atom. The van der Waals surface area contributed by atoms with Gasteiger partial charge in [-0.15, -0.1) is 0 Å². The molecule has 0 atom stereocenters. The molecule has 0 spiro atoms. The number of hydrogen-bond acceptors (Lipinski definition) is 3. The predicted octanol–water partition coefficient (Wildman–Crippen LogP) is 4.45. The minimum atomic E-state index is -3.67. The average Bonchev–Trinajstić information content (AvgIpc) is 2.67. The predicted molar refractivity (Wildman–Crippen MR) is 108 cm³/mol. The molecule has 3 rings (SSSR count). The van der Waals surface area contributed by atoms with Crippen molar-refractivity contribution in [1.29, 1.82) is 0 Å². The molecule has 0 unspecified atom stereocenters. The third kappa shape index (κ3) is 5.25. The van der Waals surface area contributed by atoms with Crippen LogP contribution >= 0.6 is 23.2 Å². The normalized spacial score (nSPS) is 16.0. The fourth-order valence-electron chi connectivity index (χ4n) is 3.17. The molecule has 0 bridgehead atoms. The Bertz CT molecular complexity index is 1010. The van der Waals surface area contributed by atoms with Gasteiger partial charge in [-0.1, -0.05) is 29.3 Å². The summed E-state index contributed by atoms with van der Waals surface area (Å²) >= 11 is 12.1. The van der Waals surface area contributed by atoms with E-state index in [9.17, 15) is 22.0 Å². The van der Waals surface area contributed by atoms with Crippen LogP contribution in [0.1, 0.15) is 18.4 Å². The summed E-state index contributed by atoms with van der Waals surface area (Å²) < 4.78 is 53.4. The molecule has 0 aromatic heterocycles. The number of nitrogens with one attached hydrogen (secondary N) is 1. The standard InChI is InChI=1S/C19H18Cl2F2N2O3S/c20-15-2-1-3-16(21)14(15)11-29(27,28)25-8-6-12(7-9-25)19(26)24-18-5-4-13(22)10-17(18)23/h1-5,10,12H,6-9,11H2,(H,24,26). The van der Waals surface area contributed by atoms with Crippen molar-refractivity contribution in [3.63, 3.8) is 0 Å². The van der Waals surface area contributed by atoms with Gasteiger partial charge in [0.05, 0.1) is 11.4 Å². The highest BCUT2D eigenvalue weighted by molar-refractivity contribution is 7.88. The zero-order valence-corrected chi connectivity index (χ0v) is 17.5. The first-order valence-electron chi connectivity index (χ1n) is 8.84. The topological polar surface area (TPSA) is 66.5 Å². The number of hydrogen-bond donors (Lipinski definition) is 1. The van der Waals surface area contributed by atoms with Crippen molar-refractivity contribution in [2.45, 2.75) is 18.6 Å². The average molecular weight is 463 g/mol. The van der Waals surface area contributed by atoms with Crippen LogP contribution in [0.2, 0.25) is 10.0 Å². The van der Waals surface area contributed by atoms with Crippen LogP contribution in [0.3, 0.4) is 0 Å². The fourth-order valence-corrected chi connectivity index (χ4v) is 5.48. The Kier molecular flexibility index (Phi) is 6.78. The Balaban J connectivity index is 1.61. The van der Waals surface area contributed by atoms with Gasteiger partial charge in [0.1, 0.15) is 11.6 Å². The third-order valence-electron chi connectivity index (χ3n) is 4.80. The fraction of sp³-hybridized carbons (Fsp3) is 0.316. The lowest BCUT2D eigenvalue weighted by atomic mass is 9.97. The Hall–Kier alpha value is -1.74. The van der Waals surface area contributed by atoms with Gasteiger partial charge >= 0.3 is 0 Å². The van der Waals surface area contributed by atoms with Gasteiger partial charge in [-0.3, -0.25) is 4.79 Å². The van der Waals surface area contributed by atoms with Gasteiger partial charge in [0, 0.05) is 40.7 Å². The lowest BCUT2D eigenvalue weighted by Gasteiger charge is -2.30.